The highest BCUT2D eigenvalue weighted by atomic mass is 79.9. The SMILES string of the molecule is CCCCCCCCCCOC(=O)C(C(Br)C(=O)O)P(=O)(C(=O)c1c(C)cc(C)cc1C)C(=O)c1c(C)cc(C)cc1C. The predicted molar refractivity (Wildman–Crippen MR) is 175 cm³/mol. The van der Waals surface area contributed by atoms with Crippen molar-refractivity contribution in [1.82, 2.24) is 0 Å². The van der Waals surface area contributed by atoms with E-state index in [4.69, 9.17) is 4.74 Å². The largest absolute Gasteiger partial charge is 0.480 e. The number of esters is 1. The average Bonchev–Trinajstić information content (AvgIpc) is 2.90. The van der Waals surface area contributed by atoms with Gasteiger partial charge in [-0.2, -0.15) is 0 Å². The van der Waals surface area contributed by atoms with E-state index in [9.17, 15) is 24.3 Å². The molecule has 0 fully saturated rings. The molecule has 0 radical (unpaired) electrons. The molecular weight excluding hydrogens is 631 g/mol. The number of carbonyl (C=O) groups excluding carboxylic acids is 3. The zero-order chi connectivity index (χ0) is 32.5. The maximum absolute atomic E-state index is 15.2. The van der Waals surface area contributed by atoms with Gasteiger partial charge in [-0.15, -0.1) is 0 Å². The van der Waals surface area contributed by atoms with Crippen LogP contribution in [0.5, 0.6) is 0 Å². The first-order valence-electron chi connectivity index (χ1n) is 15.1. The summed E-state index contributed by atoms with van der Waals surface area (Å²) >= 11 is 3.01. The lowest BCUT2D eigenvalue weighted by molar-refractivity contribution is -0.146. The molecule has 0 saturated carbocycles. The minimum absolute atomic E-state index is 0.0306. The predicted octanol–water partition coefficient (Wildman–Crippen LogP) is 8.78. The van der Waals surface area contributed by atoms with Crippen LogP contribution in [0.25, 0.3) is 0 Å². The Morgan fingerprint density at radius 3 is 1.47 bits per heavy atom. The minimum Gasteiger partial charge on any atom is -0.480 e. The van der Waals surface area contributed by atoms with E-state index in [1.165, 1.54) is 19.3 Å². The van der Waals surface area contributed by atoms with Crippen molar-refractivity contribution in [1.29, 1.82) is 0 Å². The average molecular weight is 678 g/mol. The molecule has 2 rings (SSSR count). The van der Waals surface area contributed by atoms with Crippen molar-refractivity contribution in [3.8, 4) is 0 Å². The number of aliphatic carboxylic acids is 1. The Bertz CT molecular complexity index is 1280. The number of carbonyl (C=O) groups is 4. The van der Waals surface area contributed by atoms with Crippen molar-refractivity contribution in [2.24, 2.45) is 0 Å². The van der Waals surface area contributed by atoms with Gasteiger partial charge < -0.3 is 14.4 Å². The summed E-state index contributed by atoms with van der Waals surface area (Å²) in [6.07, 6.45) is 8.08. The second kappa shape index (κ2) is 16.5. The number of alkyl halides is 1. The molecule has 2 aromatic rings. The van der Waals surface area contributed by atoms with E-state index in [2.05, 4.69) is 22.9 Å². The van der Waals surface area contributed by atoms with Crippen LogP contribution in [0.1, 0.15) is 112 Å². The Morgan fingerprint density at radius 2 is 1.09 bits per heavy atom. The van der Waals surface area contributed by atoms with Gasteiger partial charge in [-0.1, -0.05) is 103 Å². The van der Waals surface area contributed by atoms with E-state index in [0.717, 1.165) is 36.8 Å². The summed E-state index contributed by atoms with van der Waals surface area (Å²) < 4.78 is 20.7. The Kier molecular flexibility index (Phi) is 14.0. The summed E-state index contributed by atoms with van der Waals surface area (Å²) in [6.45, 7) is 12.5. The molecule has 0 bridgehead atoms. The number of hydrogen-bond acceptors (Lipinski definition) is 6. The summed E-state index contributed by atoms with van der Waals surface area (Å²) in [7, 11) is -5.02. The number of unbranched alkanes of at least 4 members (excludes halogenated alkanes) is 7. The highest BCUT2D eigenvalue weighted by Gasteiger charge is 2.57. The summed E-state index contributed by atoms with van der Waals surface area (Å²) in [5.74, 6) is -2.66. The van der Waals surface area contributed by atoms with Crippen LogP contribution in [0.2, 0.25) is 0 Å². The fourth-order valence-corrected chi connectivity index (χ4v) is 9.93. The minimum atomic E-state index is -5.02. The Hall–Kier alpha value is -2.57. The van der Waals surface area contributed by atoms with Gasteiger partial charge in [-0.3, -0.25) is 19.2 Å². The molecule has 0 aliphatic heterocycles. The monoisotopic (exact) mass is 676 g/mol. The first kappa shape index (κ1) is 36.6. The van der Waals surface area contributed by atoms with E-state index >= 15 is 4.57 Å². The van der Waals surface area contributed by atoms with Crippen LogP contribution < -0.4 is 0 Å². The number of rotatable bonds is 17. The fraction of sp³-hybridized carbons (Fsp3) is 0.529. The molecule has 0 heterocycles. The topological polar surface area (TPSA) is 115 Å². The molecular formula is C34H46BrO7P. The van der Waals surface area contributed by atoms with E-state index in [1.807, 2.05) is 13.8 Å². The number of aryl methyl sites for hydroxylation is 6. The van der Waals surface area contributed by atoms with E-state index in [-0.39, 0.29) is 17.7 Å². The molecule has 2 aromatic carbocycles. The maximum Gasteiger partial charge on any atom is 0.319 e. The maximum atomic E-state index is 15.2. The molecule has 43 heavy (non-hydrogen) atoms. The molecule has 0 spiro atoms. The zero-order valence-electron chi connectivity index (χ0n) is 26.5. The van der Waals surface area contributed by atoms with Crippen molar-refractivity contribution in [3.05, 3.63) is 68.8 Å². The van der Waals surface area contributed by atoms with E-state index in [0.29, 0.717) is 28.7 Å². The molecule has 236 valence electrons. The summed E-state index contributed by atoms with van der Waals surface area (Å²) in [5, 5.41) is 9.99. The summed E-state index contributed by atoms with van der Waals surface area (Å²) in [4.78, 5) is 53.0. The highest BCUT2D eigenvalue weighted by Crippen LogP contribution is 2.60. The molecule has 2 atom stereocenters. The van der Waals surface area contributed by atoms with E-state index in [1.54, 1.807) is 52.0 Å². The van der Waals surface area contributed by atoms with Gasteiger partial charge >= 0.3 is 11.9 Å². The van der Waals surface area contributed by atoms with Crippen LogP contribution in [-0.4, -0.2) is 45.2 Å². The normalized spacial score (nSPS) is 12.9. The second-order valence-electron chi connectivity index (χ2n) is 11.6. The molecule has 0 aliphatic rings. The fourth-order valence-electron chi connectivity index (χ4n) is 5.79. The zero-order valence-corrected chi connectivity index (χ0v) is 29.0. The quantitative estimate of drug-likeness (QED) is 0.0770. The Labute approximate surface area is 264 Å². The first-order valence-corrected chi connectivity index (χ1v) is 17.8. The van der Waals surface area contributed by atoms with Crippen LogP contribution >= 0.6 is 23.1 Å². The van der Waals surface area contributed by atoms with Gasteiger partial charge in [0.05, 0.1) is 6.61 Å². The lowest BCUT2D eigenvalue weighted by Gasteiger charge is -2.28. The van der Waals surface area contributed by atoms with Crippen LogP contribution in [0, 0.1) is 41.5 Å². The number of carboxylic acids is 1. The van der Waals surface area contributed by atoms with E-state index < -0.39 is 40.6 Å². The molecule has 0 aliphatic carbocycles. The van der Waals surface area contributed by atoms with Gasteiger partial charge in [0, 0.05) is 11.1 Å². The van der Waals surface area contributed by atoms with Crippen LogP contribution in [-0.2, 0) is 18.9 Å². The van der Waals surface area contributed by atoms with Crippen molar-refractivity contribution in [2.75, 3.05) is 6.61 Å². The van der Waals surface area contributed by atoms with Crippen LogP contribution in [0.15, 0.2) is 24.3 Å². The van der Waals surface area contributed by atoms with Gasteiger partial charge in [0.15, 0.2) is 0 Å². The second-order valence-corrected chi connectivity index (χ2v) is 15.3. The molecule has 0 aromatic heterocycles. The first-order chi connectivity index (χ1) is 20.2. The van der Waals surface area contributed by atoms with Crippen molar-refractivity contribution in [2.45, 2.75) is 110 Å². The molecule has 2 unspecified atom stereocenters. The van der Waals surface area contributed by atoms with Crippen molar-refractivity contribution in [3.63, 3.8) is 0 Å². The lowest BCUT2D eigenvalue weighted by Crippen LogP contribution is -2.41. The van der Waals surface area contributed by atoms with Gasteiger partial charge in [0.2, 0.25) is 18.2 Å². The van der Waals surface area contributed by atoms with Gasteiger partial charge in [0.25, 0.3) is 0 Å². The molecule has 0 saturated heterocycles. The van der Waals surface area contributed by atoms with Gasteiger partial charge in [-0.25, -0.2) is 0 Å². The van der Waals surface area contributed by atoms with Crippen LogP contribution in [0.3, 0.4) is 0 Å². The third kappa shape index (κ3) is 8.98. The highest BCUT2D eigenvalue weighted by molar-refractivity contribution is 9.10. The van der Waals surface area contributed by atoms with Crippen molar-refractivity contribution >= 4 is 46.1 Å². The van der Waals surface area contributed by atoms with Gasteiger partial charge in [-0.05, 0) is 70.2 Å². The third-order valence-corrected chi connectivity index (χ3v) is 12.0. The number of halogens is 1. The third-order valence-electron chi connectivity index (χ3n) is 7.77. The summed E-state index contributed by atoms with van der Waals surface area (Å²) in [5.41, 5.74) is -0.350. The standard InChI is InChI=1S/C34H46BrO7P/c1-8-9-10-11-12-13-14-15-16-42-32(38)30(29(35)31(36)37)43(41,33(39)27-23(4)17-21(2)18-24(27)5)34(40)28-25(6)19-22(3)20-26(28)7/h17-20,29-30H,8-16H2,1-7H3,(H,36,37). The molecule has 1 N–H and O–H groups in total. The summed E-state index contributed by atoms with van der Waals surface area (Å²) in [6, 6.07) is 6.93. The Morgan fingerprint density at radius 1 is 0.721 bits per heavy atom. The molecule has 7 nitrogen and oxygen atoms in total. The molecule has 0 amide bonds. The number of ether oxygens (including phenoxy) is 1. The lowest BCUT2D eigenvalue weighted by atomic mass is 10.0. The van der Waals surface area contributed by atoms with Crippen LogP contribution in [0.4, 0.5) is 0 Å². The van der Waals surface area contributed by atoms with Crippen molar-refractivity contribution < 1.29 is 33.6 Å². The number of benzene rings is 2. The molecule has 9 heteroatoms. The Balaban J connectivity index is 2.58. The number of hydrogen-bond donors (Lipinski definition) is 1. The smallest absolute Gasteiger partial charge is 0.319 e. The van der Waals surface area contributed by atoms with Gasteiger partial charge in [0.1, 0.15) is 10.5 Å². The number of carboxylic acid groups (broad SMARTS) is 1.